The van der Waals surface area contributed by atoms with Gasteiger partial charge in [-0.1, -0.05) is 42.5 Å². The number of carbonyl (C=O) groups is 2. The van der Waals surface area contributed by atoms with E-state index in [4.69, 9.17) is 5.11 Å². The van der Waals surface area contributed by atoms with Gasteiger partial charge in [0.05, 0.1) is 11.0 Å². The summed E-state index contributed by atoms with van der Waals surface area (Å²) >= 11 is 1.25. The van der Waals surface area contributed by atoms with Crippen LogP contribution in [0, 0.1) is 0 Å². The summed E-state index contributed by atoms with van der Waals surface area (Å²) in [6.45, 7) is 0.404. The Morgan fingerprint density at radius 3 is 2.77 bits per heavy atom. The first-order valence-corrected chi connectivity index (χ1v) is 10.4. The number of nitrogens with zero attached hydrogens (tertiary/aromatic N) is 2. The van der Waals surface area contributed by atoms with Gasteiger partial charge in [-0.05, 0) is 12.8 Å². The van der Waals surface area contributed by atoms with E-state index in [0.29, 0.717) is 37.2 Å². The maximum Gasteiger partial charge on any atom is 0.355 e. The second kappa shape index (κ2) is 9.44. The van der Waals surface area contributed by atoms with Crippen LogP contribution < -0.4 is 0 Å². The first-order chi connectivity index (χ1) is 14.3. The van der Waals surface area contributed by atoms with E-state index < -0.39 is 18.0 Å². The molecule has 0 radical (unpaired) electrons. The minimum absolute atomic E-state index is 0.00129. The lowest BCUT2D eigenvalue weighted by atomic mass is 10.0. The first-order valence-electron chi connectivity index (χ1n) is 9.56. The van der Waals surface area contributed by atoms with Crippen molar-refractivity contribution in [3.63, 3.8) is 0 Å². The van der Waals surface area contributed by atoms with Crippen molar-refractivity contribution in [2.45, 2.75) is 43.8 Å². The van der Waals surface area contributed by atoms with Gasteiger partial charge in [-0.3, -0.25) is 4.79 Å². The lowest BCUT2D eigenvalue weighted by Gasteiger charge is -2.24. The van der Waals surface area contributed by atoms with Gasteiger partial charge in [0.1, 0.15) is 6.10 Å². The highest BCUT2D eigenvalue weighted by Crippen LogP contribution is 2.32. The number of aliphatic hydroxyl groups excluding tert-OH is 1. The number of hydrogen-bond donors (Lipinski definition) is 2. The van der Waals surface area contributed by atoms with E-state index >= 15 is 0 Å². The van der Waals surface area contributed by atoms with Crippen LogP contribution in [0.3, 0.4) is 0 Å². The summed E-state index contributed by atoms with van der Waals surface area (Å²) in [7, 11) is 0. The average Bonchev–Trinajstić information content (AvgIpc) is 3.34. The number of aryl methyl sites for hydroxylation is 1. The van der Waals surface area contributed by atoms with Gasteiger partial charge in [-0.2, -0.15) is 8.78 Å². The lowest BCUT2D eigenvalue weighted by molar-refractivity contribution is -0.128. The van der Waals surface area contributed by atoms with Crippen molar-refractivity contribution < 1.29 is 28.6 Å². The molecular weight excluding hydrogens is 414 g/mol. The second-order valence-corrected chi connectivity index (χ2v) is 7.99. The molecule has 1 aromatic carbocycles. The number of halogens is 2. The second-order valence-electron chi connectivity index (χ2n) is 7.05. The number of likely N-dealkylation sites (tertiary alicyclic amines) is 1. The Kier molecular flexibility index (Phi) is 6.94. The fourth-order valence-electron chi connectivity index (χ4n) is 3.36. The molecule has 2 N–H and O–H groups in total. The minimum Gasteiger partial charge on any atom is -0.476 e. The predicted molar refractivity (Wildman–Crippen MR) is 108 cm³/mol. The third-order valence-electron chi connectivity index (χ3n) is 4.98. The maximum atomic E-state index is 14.4. The maximum absolute atomic E-state index is 14.4. The van der Waals surface area contributed by atoms with Crippen LogP contribution in [0.2, 0.25) is 0 Å². The summed E-state index contributed by atoms with van der Waals surface area (Å²) in [4.78, 5) is 28.7. The van der Waals surface area contributed by atoms with Crippen LogP contribution >= 0.6 is 11.3 Å². The summed E-state index contributed by atoms with van der Waals surface area (Å²) in [5.74, 6) is -4.58. The molecule has 0 aliphatic carbocycles. The summed E-state index contributed by atoms with van der Waals surface area (Å²) < 4.78 is 28.8. The average molecular weight is 436 g/mol. The van der Waals surface area contributed by atoms with E-state index in [1.54, 1.807) is 11.0 Å². The Labute approximate surface area is 176 Å². The fourth-order valence-corrected chi connectivity index (χ4v) is 4.17. The van der Waals surface area contributed by atoms with Crippen molar-refractivity contribution >= 4 is 23.2 Å². The zero-order valence-electron chi connectivity index (χ0n) is 16.1. The van der Waals surface area contributed by atoms with Crippen molar-refractivity contribution in [1.82, 2.24) is 9.88 Å². The number of aromatic nitrogens is 1. The Hall–Kier alpha value is -2.65. The Morgan fingerprint density at radius 1 is 1.37 bits per heavy atom. The summed E-state index contributed by atoms with van der Waals surface area (Å²) in [5.41, 5.74) is -0.271. The number of carboxylic acid groups (broad SMARTS) is 1. The number of hydrogen-bond acceptors (Lipinski definition) is 5. The standard InChI is InChI=1S/C21H22F2N2O4S/c22-21(23,14-5-2-1-3-6-14)17(26)10-8-15-9-11-19(27)25(15)12-4-7-18-24-16(13-30-18)20(28)29/h1-3,5-6,8,10,13,15,17,26H,4,7,9,11-12H2,(H,28,29)/b10-8+/t15-,17?/m0/s1. The van der Waals surface area contributed by atoms with Gasteiger partial charge in [0.15, 0.2) is 5.69 Å². The summed E-state index contributed by atoms with van der Waals surface area (Å²) in [6.07, 6.45) is 2.45. The molecule has 0 bridgehead atoms. The molecule has 1 aliphatic heterocycles. The Morgan fingerprint density at radius 2 is 2.10 bits per heavy atom. The first kappa shape index (κ1) is 22.0. The van der Waals surface area contributed by atoms with Crippen LogP contribution in [-0.2, 0) is 17.1 Å². The number of aliphatic hydroxyl groups is 1. The molecule has 9 heteroatoms. The zero-order chi connectivity index (χ0) is 21.7. The van der Waals surface area contributed by atoms with Crippen LogP contribution in [0.1, 0.15) is 40.3 Å². The molecule has 1 unspecified atom stereocenters. The SMILES string of the molecule is O=C(O)c1csc(CCCN2C(=O)CC[C@@H]2/C=C/C(O)C(F)(F)c2ccccc2)n1. The van der Waals surface area contributed by atoms with E-state index in [-0.39, 0.29) is 23.2 Å². The normalized spacial score (nSPS) is 18.3. The van der Waals surface area contributed by atoms with E-state index in [1.165, 1.54) is 47.1 Å². The van der Waals surface area contributed by atoms with Crippen molar-refractivity contribution in [3.8, 4) is 0 Å². The van der Waals surface area contributed by atoms with Crippen LogP contribution in [0.5, 0.6) is 0 Å². The monoisotopic (exact) mass is 436 g/mol. The molecule has 1 aliphatic rings. The number of carboxylic acids is 1. The molecule has 1 aromatic heterocycles. The number of carbonyl (C=O) groups excluding carboxylic acids is 1. The van der Waals surface area contributed by atoms with Gasteiger partial charge in [0.25, 0.3) is 0 Å². The number of rotatable bonds is 9. The summed E-state index contributed by atoms with van der Waals surface area (Å²) in [6, 6.07) is 6.76. The Balaban J connectivity index is 1.58. The third-order valence-corrected chi connectivity index (χ3v) is 5.89. The highest BCUT2D eigenvalue weighted by molar-refractivity contribution is 7.09. The Bertz CT molecular complexity index is 917. The quantitative estimate of drug-likeness (QED) is 0.588. The highest BCUT2D eigenvalue weighted by atomic mass is 32.1. The molecule has 0 spiro atoms. The lowest BCUT2D eigenvalue weighted by Crippen LogP contribution is -2.34. The van der Waals surface area contributed by atoms with Crippen LogP contribution in [0.25, 0.3) is 0 Å². The molecule has 3 rings (SSSR count). The number of amides is 1. The third kappa shape index (κ3) is 5.09. The molecule has 1 saturated heterocycles. The van der Waals surface area contributed by atoms with Gasteiger partial charge in [-0.15, -0.1) is 11.3 Å². The van der Waals surface area contributed by atoms with Gasteiger partial charge in [0, 0.05) is 30.3 Å². The van der Waals surface area contributed by atoms with Gasteiger partial charge < -0.3 is 15.1 Å². The number of benzene rings is 1. The molecule has 1 amide bonds. The van der Waals surface area contributed by atoms with Crippen LogP contribution in [-0.4, -0.2) is 50.7 Å². The summed E-state index contributed by atoms with van der Waals surface area (Å²) in [5, 5.41) is 21.1. The van der Waals surface area contributed by atoms with Crippen LogP contribution in [0.15, 0.2) is 47.9 Å². The van der Waals surface area contributed by atoms with E-state index in [9.17, 15) is 23.5 Å². The predicted octanol–water partition coefficient (Wildman–Crippen LogP) is 3.47. The molecule has 2 atom stereocenters. The smallest absolute Gasteiger partial charge is 0.355 e. The molecule has 0 saturated carbocycles. The molecule has 160 valence electrons. The van der Waals surface area contributed by atoms with Crippen LogP contribution in [0.4, 0.5) is 8.78 Å². The molecule has 6 nitrogen and oxygen atoms in total. The molecule has 30 heavy (non-hydrogen) atoms. The zero-order valence-corrected chi connectivity index (χ0v) is 16.9. The topological polar surface area (TPSA) is 90.7 Å². The highest BCUT2D eigenvalue weighted by Gasteiger charge is 2.39. The number of alkyl halides is 2. The van der Waals surface area contributed by atoms with Crippen molar-refractivity contribution in [3.05, 3.63) is 64.1 Å². The molecule has 2 heterocycles. The van der Waals surface area contributed by atoms with Crippen molar-refractivity contribution in [2.75, 3.05) is 6.54 Å². The van der Waals surface area contributed by atoms with E-state index in [2.05, 4.69) is 4.98 Å². The number of aromatic carboxylic acids is 1. The molecule has 1 fully saturated rings. The van der Waals surface area contributed by atoms with E-state index in [1.807, 2.05) is 0 Å². The van der Waals surface area contributed by atoms with Gasteiger partial charge in [0.2, 0.25) is 5.91 Å². The van der Waals surface area contributed by atoms with E-state index in [0.717, 1.165) is 6.08 Å². The van der Waals surface area contributed by atoms with Gasteiger partial charge >= 0.3 is 11.9 Å². The fraction of sp³-hybridized carbons (Fsp3) is 0.381. The molecular formula is C21H22F2N2O4S. The largest absolute Gasteiger partial charge is 0.476 e. The van der Waals surface area contributed by atoms with Crippen molar-refractivity contribution in [2.24, 2.45) is 0 Å². The van der Waals surface area contributed by atoms with Gasteiger partial charge in [-0.25, -0.2) is 9.78 Å². The minimum atomic E-state index is -3.43. The van der Waals surface area contributed by atoms with Crippen molar-refractivity contribution in [1.29, 1.82) is 0 Å². The molecule has 2 aromatic rings. The number of thiazole rings is 1.